The van der Waals surface area contributed by atoms with E-state index in [1.54, 1.807) is 17.0 Å². The lowest BCUT2D eigenvalue weighted by Crippen LogP contribution is -2.45. The molecule has 0 bridgehead atoms. The fraction of sp³-hybridized carbons (Fsp3) is 0.429. The fourth-order valence-corrected chi connectivity index (χ4v) is 2.23. The lowest BCUT2D eigenvalue weighted by molar-refractivity contribution is -0.154. The van der Waals surface area contributed by atoms with E-state index in [1.165, 1.54) is 6.92 Å². The van der Waals surface area contributed by atoms with Gasteiger partial charge in [0.15, 0.2) is 0 Å². The number of rotatable bonds is 3. The second kappa shape index (κ2) is 6.24. The molecule has 1 aromatic carbocycles. The van der Waals surface area contributed by atoms with Crippen molar-refractivity contribution < 1.29 is 19.4 Å². The molecule has 1 heterocycles. The van der Waals surface area contributed by atoms with Crippen molar-refractivity contribution in [3.63, 3.8) is 0 Å². The minimum atomic E-state index is -1.11. The highest BCUT2D eigenvalue weighted by Gasteiger charge is 2.31. The summed E-state index contributed by atoms with van der Waals surface area (Å²) in [6.45, 7) is 2.57. The van der Waals surface area contributed by atoms with Crippen LogP contribution in [0.4, 0.5) is 0 Å². The molecule has 1 saturated heterocycles. The standard InChI is InChI=1S/C14H16ClNO4/c1-9(14(18)19)13(17)16-6-7-20-12(8-16)10-2-4-11(15)5-3-10/h2-5,9,12H,6-8H2,1H3,(H,18,19). The maximum atomic E-state index is 12.0. The van der Waals surface area contributed by atoms with E-state index in [1.807, 2.05) is 12.1 Å². The van der Waals surface area contributed by atoms with Crippen molar-refractivity contribution in [2.24, 2.45) is 5.92 Å². The molecule has 2 rings (SSSR count). The normalized spacial score (nSPS) is 20.5. The number of morpholine rings is 1. The van der Waals surface area contributed by atoms with Crippen molar-refractivity contribution in [1.29, 1.82) is 0 Å². The minimum absolute atomic E-state index is 0.244. The van der Waals surface area contributed by atoms with Crippen LogP contribution in [0.25, 0.3) is 0 Å². The summed E-state index contributed by atoms with van der Waals surface area (Å²) in [6, 6.07) is 7.23. The Kier molecular flexibility index (Phi) is 4.62. The monoisotopic (exact) mass is 297 g/mol. The van der Waals surface area contributed by atoms with Crippen molar-refractivity contribution in [2.45, 2.75) is 13.0 Å². The second-order valence-electron chi connectivity index (χ2n) is 4.76. The van der Waals surface area contributed by atoms with Gasteiger partial charge in [-0.05, 0) is 24.6 Å². The first-order valence-corrected chi connectivity index (χ1v) is 6.75. The maximum absolute atomic E-state index is 12.0. The molecule has 108 valence electrons. The summed E-state index contributed by atoms with van der Waals surface area (Å²) in [4.78, 5) is 24.5. The van der Waals surface area contributed by atoms with Gasteiger partial charge < -0.3 is 14.7 Å². The highest BCUT2D eigenvalue weighted by atomic mass is 35.5. The lowest BCUT2D eigenvalue weighted by atomic mass is 10.1. The molecule has 2 unspecified atom stereocenters. The van der Waals surface area contributed by atoms with Gasteiger partial charge in [0.05, 0.1) is 13.2 Å². The van der Waals surface area contributed by atoms with E-state index in [-0.39, 0.29) is 12.0 Å². The third-order valence-electron chi connectivity index (χ3n) is 3.36. The largest absolute Gasteiger partial charge is 0.481 e. The number of carboxylic acids is 1. The molecular formula is C14H16ClNO4. The number of halogens is 1. The molecule has 5 nitrogen and oxygen atoms in total. The SMILES string of the molecule is CC(C(=O)O)C(=O)N1CCOC(c2ccc(Cl)cc2)C1. The summed E-state index contributed by atoms with van der Waals surface area (Å²) in [5.41, 5.74) is 0.926. The summed E-state index contributed by atoms with van der Waals surface area (Å²) < 4.78 is 5.64. The van der Waals surface area contributed by atoms with Gasteiger partial charge in [0, 0.05) is 11.6 Å². The minimum Gasteiger partial charge on any atom is -0.481 e. The Morgan fingerprint density at radius 1 is 1.40 bits per heavy atom. The van der Waals surface area contributed by atoms with Crippen LogP contribution in [-0.4, -0.2) is 41.6 Å². The van der Waals surface area contributed by atoms with Gasteiger partial charge in [-0.1, -0.05) is 23.7 Å². The molecule has 0 aliphatic carbocycles. The number of carboxylic acid groups (broad SMARTS) is 1. The predicted octanol–water partition coefficient (Wildman–Crippen LogP) is 1.96. The molecule has 2 atom stereocenters. The molecule has 1 fully saturated rings. The summed E-state index contributed by atoms with van der Waals surface area (Å²) >= 11 is 5.84. The van der Waals surface area contributed by atoms with Crippen LogP contribution >= 0.6 is 11.6 Å². The summed E-state index contributed by atoms with van der Waals surface area (Å²) in [5, 5.41) is 9.54. The second-order valence-corrected chi connectivity index (χ2v) is 5.19. The molecule has 20 heavy (non-hydrogen) atoms. The van der Waals surface area contributed by atoms with Gasteiger partial charge in [-0.2, -0.15) is 0 Å². The van der Waals surface area contributed by atoms with Crippen LogP contribution in [0.2, 0.25) is 5.02 Å². The molecule has 6 heteroatoms. The number of carbonyl (C=O) groups is 2. The van der Waals surface area contributed by atoms with Crippen LogP contribution in [0, 0.1) is 5.92 Å². The summed E-state index contributed by atoms with van der Waals surface area (Å²) in [6.07, 6.45) is -0.244. The molecule has 1 aliphatic rings. The average Bonchev–Trinajstić information content (AvgIpc) is 2.46. The van der Waals surface area contributed by atoms with Gasteiger partial charge in [-0.15, -0.1) is 0 Å². The van der Waals surface area contributed by atoms with E-state index in [0.29, 0.717) is 24.7 Å². The van der Waals surface area contributed by atoms with E-state index < -0.39 is 11.9 Å². The number of ether oxygens (including phenoxy) is 1. The molecule has 0 radical (unpaired) electrons. The Bertz CT molecular complexity index is 502. The van der Waals surface area contributed by atoms with Crippen LogP contribution in [0.5, 0.6) is 0 Å². The summed E-state index contributed by atoms with van der Waals surface area (Å²) in [5.74, 6) is -2.51. The molecule has 1 aliphatic heterocycles. The number of nitrogens with zero attached hydrogens (tertiary/aromatic N) is 1. The van der Waals surface area contributed by atoms with Gasteiger partial charge in [0.1, 0.15) is 12.0 Å². The number of amides is 1. The summed E-state index contributed by atoms with van der Waals surface area (Å²) in [7, 11) is 0. The first kappa shape index (κ1) is 14.8. The van der Waals surface area contributed by atoms with Gasteiger partial charge in [0.25, 0.3) is 0 Å². The Balaban J connectivity index is 2.07. The fourth-order valence-electron chi connectivity index (χ4n) is 2.11. The number of benzene rings is 1. The van der Waals surface area contributed by atoms with Crippen LogP contribution in [0.1, 0.15) is 18.6 Å². The Morgan fingerprint density at radius 2 is 2.05 bits per heavy atom. The number of carbonyl (C=O) groups excluding carboxylic acids is 1. The zero-order chi connectivity index (χ0) is 14.7. The van der Waals surface area contributed by atoms with Crippen LogP contribution < -0.4 is 0 Å². The molecule has 1 aromatic rings. The predicted molar refractivity (Wildman–Crippen MR) is 73.5 cm³/mol. The topological polar surface area (TPSA) is 66.8 Å². The molecule has 0 spiro atoms. The van der Waals surface area contributed by atoms with Crippen molar-refractivity contribution >= 4 is 23.5 Å². The Labute approximate surface area is 122 Å². The van der Waals surface area contributed by atoms with Crippen LogP contribution in [-0.2, 0) is 14.3 Å². The van der Waals surface area contributed by atoms with E-state index in [2.05, 4.69) is 0 Å². The van der Waals surface area contributed by atoms with Gasteiger partial charge in [-0.3, -0.25) is 9.59 Å². The number of hydrogen-bond acceptors (Lipinski definition) is 3. The number of hydrogen-bond donors (Lipinski definition) is 1. The van der Waals surface area contributed by atoms with Gasteiger partial charge in [-0.25, -0.2) is 0 Å². The first-order chi connectivity index (χ1) is 9.49. The van der Waals surface area contributed by atoms with Crippen molar-refractivity contribution in [1.82, 2.24) is 4.90 Å². The maximum Gasteiger partial charge on any atom is 0.315 e. The first-order valence-electron chi connectivity index (χ1n) is 6.37. The average molecular weight is 298 g/mol. The third kappa shape index (κ3) is 3.29. The number of aliphatic carboxylic acids is 1. The van der Waals surface area contributed by atoms with E-state index >= 15 is 0 Å². The van der Waals surface area contributed by atoms with Gasteiger partial charge in [0.2, 0.25) is 5.91 Å². The van der Waals surface area contributed by atoms with Crippen LogP contribution in [0.15, 0.2) is 24.3 Å². The quantitative estimate of drug-likeness (QED) is 0.866. The van der Waals surface area contributed by atoms with Crippen molar-refractivity contribution in [2.75, 3.05) is 19.7 Å². The smallest absolute Gasteiger partial charge is 0.315 e. The molecule has 1 amide bonds. The highest BCUT2D eigenvalue weighted by molar-refractivity contribution is 6.30. The van der Waals surface area contributed by atoms with Gasteiger partial charge >= 0.3 is 5.97 Å². The highest BCUT2D eigenvalue weighted by Crippen LogP contribution is 2.24. The molecule has 0 aromatic heterocycles. The van der Waals surface area contributed by atoms with Crippen molar-refractivity contribution in [3.05, 3.63) is 34.9 Å². The molecular weight excluding hydrogens is 282 g/mol. The Morgan fingerprint density at radius 3 is 2.65 bits per heavy atom. The third-order valence-corrected chi connectivity index (χ3v) is 3.61. The van der Waals surface area contributed by atoms with Crippen LogP contribution in [0.3, 0.4) is 0 Å². The van der Waals surface area contributed by atoms with E-state index in [4.69, 9.17) is 21.4 Å². The lowest BCUT2D eigenvalue weighted by Gasteiger charge is -2.34. The van der Waals surface area contributed by atoms with Crippen molar-refractivity contribution in [3.8, 4) is 0 Å². The molecule has 1 N–H and O–H groups in total. The zero-order valence-corrected chi connectivity index (χ0v) is 11.8. The van der Waals surface area contributed by atoms with E-state index in [9.17, 15) is 9.59 Å². The molecule has 0 saturated carbocycles. The Hall–Kier alpha value is -1.59. The van der Waals surface area contributed by atoms with E-state index in [0.717, 1.165) is 5.56 Å². The zero-order valence-electron chi connectivity index (χ0n) is 11.1.